The molecule has 0 saturated heterocycles. The van der Waals surface area contributed by atoms with Crippen LogP contribution in [0, 0.1) is 6.92 Å². The first-order valence-electron chi connectivity index (χ1n) is 4.79. The van der Waals surface area contributed by atoms with Gasteiger partial charge in [0.25, 0.3) is 0 Å². The number of carbonyl (C=O) groups is 1. The van der Waals surface area contributed by atoms with Crippen molar-refractivity contribution in [3.8, 4) is 0 Å². The lowest BCUT2D eigenvalue weighted by molar-refractivity contribution is 0.0702. The number of nitrogens with one attached hydrogen (secondary N) is 1. The van der Waals surface area contributed by atoms with Crippen molar-refractivity contribution >= 4 is 44.1 Å². The predicted molar refractivity (Wildman–Crippen MR) is 71.2 cm³/mol. The van der Waals surface area contributed by atoms with Crippen molar-refractivity contribution in [2.75, 3.05) is 5.32 Å². The Bertz CT molecular complexity index is 568. The first-order chi connectivity index (χ1) is 8.08. The molecule has 17 heavy (non-hydrogen) atoms. The average molecular weight is 313 g/mol. The van der Waals surface area contributed by atoms with E-state index in [0.717, 1.165) is 27.1 Å². The van der Waals surface area contributed by atoms with E-state index >= 15 is 0 Å². The van der Waals surface area contributed by atoms with Crippen LogP contribution in [0.4, 0.5) is 10.8 Å². The Balaban J connectivity index is 2.25. The molecule has 2 aromatic rings. The molecule has 0 bridgehead atoms. The minimum absolute atomic E-state index is 0.219. The molecule has 2 N–H and O–H groups in total. The van der Waals surface area contributed by atoms with Crippen molar-refractivity contribution in [3.05, 3.63) is 39.3 Å². The summed E-state index contributed by atoms with van der Waals surface area (Å²) in [6.45, 7) is 1.99. The number of aromatic carboxylic acids is 1. The molecule has 88 valence electrons. The largest absolute Gasteiger partial charge is 0.477 e. The van der Waals surface area contributed by atoms with Gasteiger partial charge < -0.3 is 10.4 Å². The normalized spacial score (nSPS) is 10.2. The van der Waals surface area contributed by atoms with Crippen LogP contribution in [0.5, 0.6) is 0 Å². The quantitative estimate of drug-likeness (QED) is 0.908. The van der Waals surface area contributed by atoms with Gasteiger partial charge in [0.2, 0.25) is 0 Å². The van der Waals surface area contributed by atoms with E-state index in [2.05, 4.69) is 26.2 Å². The van der Waals surface area contributed by atoms with E-state index in [9.17, 15) is 4.79 Å². The maximum atomic E-state index is 10.7. The molecule has 0 aliphatic carbocycles. The van der Waals surface area contributed by atoms with Crippen molar-refractivity contribution in [1.82, 2.24) is 4.98 Å². The molecule has 0 spiro atoms. The highest BCUT2D eigenvalue weighted by atomic mass is 79.9. The number of halogens is 1. The number of benzene rings is 1. The predicted octanol–water partition coefficient (Wildman–Crippen LogP) is 3.66. The van der Waals surface area contributed by atoms with Crippen molar-refractivity contribution in [1.29, 1.82) is 0 Å². The van der Waals surface area contributed by atoms with E-state index in [-0.39, 0.29) is 4.88 Å². The second kappa shape index (κ2) is 4.85. The third-order valence-corrected chi connectivity index (χ3v) is 4.10. The number of thiazole rings is 1. The summed E-state index contributed by atoms with van der Waals surface area (Å²) in [5, 5.41) is 12.4. The highest BCUT2D eigenvalue weighted by Crippen LogP contribution is 2.30. The number of carboxylic acids is 1. The monoisotopic (exact) mass is 312 g/mol. The summed E-state index contributed by atoms with van der Waals surface area (Å²) < 4.78 is 0.951. The molecule has 0 fully saturated rings. The molecule has 0 saturated carbocycles. The van der Waals surface area contributed by atoms with Crippen LogP contribution in [-0.2, 0) is 0 Å². The van der Waals surface area contributed by atoms with Crippen LogP contribution in [0.15, 0.2) is 28.9 Å². The smallest absolute Gasteiger partial charge is 0.347 e. The van der Waals surface area contributed by atoms with Crippen LogP contribution >= 0.6 is 27.3 Å². The summed E-state index contributed by atoms with van der Waals surface area (Å²) >= 11 is 4.58. The topological polar surface area (TPSA) is 62.2 Å². The Morgan fingerprint density at radius 2 is 2.29 bits per heavy atom. The van der Waals surface area contributed by atoms with Gasteiger partial charge in [0, 0.05) is 4.47 Å². The minimum Gasteiger partial charge on any atom is -0.477 e. The second-order valence-corrected chi connectivity index (χ2v) is 5.22. The Labute approximate surface area is 110 Å². The first kappa shape index (κ1) is 12.1. The van der Waals surface area contributed by atoms with E-state index in [1.54, 1.807) is 0 Å². The third-order valence-electron chi connectivity index (χ3n) is 2.15. The average Bonchev–Trinajstić information content (AvgIpc) is 2.73. The maximum absolute atomic E-state index is 10.7. The number of hydrogen-bond donors (Lipinski definition) is 2. The van der Waals surface area contributed by atoms with E-state index in [1.807, 2.05) is 25.1 Å². The van der Waals surface area contributed by atoms with E-state index in [4.69, 9.17) is 5.11 Å². The number of rotatable bonds is 3. The number of anilines is 2. The molecule has 0 radical (unpaired) electrons. The number of nitrogens with zero attached hydrogens (tertiary/aromatic N) is 1. The van der Waals surface area contributed by atoms with Gasteiger partial charge in [0.15, 0.2) is 5.13 Å². The molecule has 4 nitrogen and oxygen atoms in total. The summed E-state index contributed by atoms with van der Waals surface area (Å²) in [6, 6.07) is 5.81. The third kappa shape index (κ3) is 2.65. The van der Waals surface area contributed by atoms with Gasteiger partial charge in [-0.2, -0.15) is 0 Å². The van der Waals surface area contributed by atoms with Gasteiger partial charge in [-0.1, -0.05) is 23.5 Å². The van der Waals surface area contributed by atoms with Crippen LogP contribution in [0.25, 0.3) is 0 Å². The number of hydrogen-bond acceptors (Lipinski definition) is 4. The number of carboxylic acid groups (broad SMARTS) is 1. The van der Waals surface area contributed by atoms with Gasteiger partial charge in [-0.05, 0) is 34.5 Å². The van der Waals surface area contributed by atoms with Crippen LogP contribution in [0.1, 0.15) is 15.2 Å². The Hall–Kier alpha value is -1.40. The van der Waals surface area contributed by atoms with Crippen LogP contribution in [-0.4, -0.2) is 16.1 Å². The van der Waals surface area contributed by atoms with Crippen LogP contribution in [0.3, 0.4) is 0 Å². The van der Waals surface area contributed by atoms with Crippen molar-refractivity contribution < 1.29 is 9.90 Å². The van der Waals surface area contributed by atoms with Gasteiger partial charge >= 0.3 is 5.97 Å². The lowest BCUT2D eigenvalue weighted by Gasteiger charge is -2.07. The maximum Gasteiger partial charge on any atom is 0.347 e. The molecular formula is C11H9BrN2O2S. The molecule has 1 aromatic heterocycles. The molecule has 1 aromatic carbocycles. The zero-order valence-electron chi connectivity index (χ0n) is 8.90. The van der Waals surface area contributed by atoms with Crippen molar-refractivity contribution in [3.63, 3.8) is 0 Å². The van der Waals surface area contributed by atoms with Gasteiger partial charge in [0.05, 0.1) is 11.9 Å². The van der Waals surface area contributed by atoms with Crippen molar-refractivity contribution in [2.24, 2.45) is 0 Å². The first-order valence-corrected chi connectivity index (χ1v) is 6.40. The molecule has 0 atom stereocenters. The standard InChI is InChI=1S/C11H9BrN2O2S/c1-6-3-2-4-7(9(6)12)14-11-13-5-8(17-11)10(15)16/h2-5H,1H3,(H,13,14)(H,15,16). The van der Waals surface area contributed by atoms with Gasteiger partial charge in [-0.15, -0.1) is 0 Å². The summed E-state index contributed by atoms with van der Waals surface area (Å²) in [4.78, 5) is 14.9. The Kier molecular flexibility index (Phi) is 3.44. The molecule has 0 aliphatic rings. The van der Waals surface area contributed by atoms with Gasteiger partial charge in [-0.3, -0.25) is 0 Å². The van der Waals surface area contributed by atoms with Gasteiger partial charge in [-0.25, -0.2) is 9.78 Å². The lowest BCUT2D eigenvalue weighted by atomic mass is 10.2. The number of aryl methyl sites for hydroxylation is 1. The number of aromatic nitrogens is 1. The zero-order valence-corrected chi connectivity index (χ0v) is 11.3. The Morgan fingerprint density at radius 3 is 2.94 bits per heavy atom. The lowest BCUT2D eigenvalue weighted by Crippen LogP contribution is -1.91. The fourth-order valence-electron chi connectivity index (χ4n) is 1.29. The fraction of sp³-hybridized carbons (Fsp3) is 0.0909. The van der Waals surface area contributed by atoms with Crippen LogP contribution < -0.4 is 5.32 Å². The summed E-state index contributed by atoms with van der Waals surface area (Å²) in [5.74, 6) is -0.959. The van der Waals surface area contributed by atoms with E-state index in [1.165, 1.54) is 6.20 Å². The Morgan fingerprint density at radius 1 is 1.53 bits per heavy atom. The molecular weight excluding hydrogens is 304 g/mol. The molecule has 2 rings (SSSR count). The van der Waals surface area contributed by atoms with E-state index < -0.39 is 5.97 Å². The molecule has 0 amide bonds. The van der Waals surface area contributed by atoms with E-state index in [0.29, 0.717) is 5.13 Å². The van der Waals surface area contributed by atoms with Crippen LogP contribution in [0.2, 0.25) is 0 Å². The molecule has 0 aliphatic heterocycles. The zero-order chi connectivity index (χ0) is 12.4. The summed E-state index contributed by atoms with van der Waals surface area (Å²) in [7, 11) is 0. The highest BCUT2D eigenvalue weighted by molar-refractivity contribution is 9.10. The minimum atomic E-state index is -0.959. The van der Waals surface area contributed by atoms with Crippen molar-refractivity contribution in [2.45, 2.75) is 6.92 Å². The molecule has 0 unspecified atom stereocenters. The second-order valence-electron chi connectivity index (χ2n) is 3.40. The molecule has 1 heterocycles. The summed E-state index contributed by atoms with van der Waals surface area (Å²) in [5.41, 5.74) is 1.97. The molecule has 6 heteroatoms. The highest BCUT2D eigenvalue weighted by Gasteiger charge is 2.09. The summed E-state index contributed by atoms with van der Waals surface area (Å²) in [6.07, 6.45) is 1.35. The van der Waals surface area contributed by atoms with Gasteiger partial charge in [0.1, 0.15) is 4.88 Å². The SMILES string of the molecule is Cc1cccc(Nc2ncc(C(=O)O)s2)c1Br. The fourth-order valence-corrected chi connectivity index (χ4v) is 2.32.